The maximum Gasteiger partial charge on any atom is 0.255 e. The summed E-state index contributed by atoms with van der Waals surface area (Å²) in [6.07, 6.45) is 5.19. The van der Waals surface area contributed by atoms with E-state index in [2.05, 4.69) is 10.2 Å². The third-order valence-corrected chi connectivity index (χ3v) is 3.18. The van der Waals surface area contributed by atoms with Crippen LogP contribution in [0.1, 0.15) is 36.5 Å². The molecule has 1 atom stereocenters. The zero-order chi connectivity index (χ0) is 12.3. The number of nitrogens with zero attached hydrogens (tertiary/aromatic N) is 3. The Morgan fingerprint density at radius 1 is 1.41 bits per heavy atom. The number of rotatable bonds is 1. The maximum atomic E-state index is 12.1. The lowest BCUT2D eigenvalue weighted by atomic mass is 9.98. The zero-order valence-electron chi connectivity index (χ0n) is 9.96. The largest absolute Gasteiger partial charge is 0.390 e. The normalized spacial score (nSPS) is 25.4. The summed E-state index contributed by atoms with van der Waals surface area (Å²) in [6, 6.07) is 1.67. The van der Waals surface area contributed by atoms with Gasteiger partial charge in [-0.2, -0.15) is 10.2 Å². The van der Waals surface area contributed by atoms with Crippen molar-refractivity contribution in [3.8, 4) is 0 Å². The molecule has 0 radical (unpaired) electrons. The second-order valence-electron chi connectivity index (χ2n) is 4.77. The smallest absolute Gasteiger partial charge is 0.255 e. The van der Waals surface area contributed by atoms with Crippen LogP contribution in [0.3, 0.4) is 0 Å². The molecule has 17 heavy (non-hydrogen) atoms. The third kappa shape index (κ3) is 3.00. The SMILES string of the molecule is CC1(O)CCCN(C(=O)c2ccnnc2)CC1. The maximum absolute atomic E-state index is 12.1. The summed E-state index contributed by atoms with van der Waals surface area (Å²) in [5, 5.41) is 17.3. The summed E-state index contributed by atoms with van der Waals surface area (Å²) in [5.41, 5.74) is -0.0903. The summed E-state index contributed by atoms with van der Waals surface area (Å²) in [5.74, 6) is -0.0300. The molecule has 1 N–H and O–H groups in total. The van der Waals surface area contributed by atoms with Gasteiger partial charge in [-0.25, -0.2) is 0 Å². The van der Waals surface area contributed by atoms with Crippen molar-refractivity contribution in [3.05, 3.63) is 24.0 Å². The Labute approximate surface area is 100 Å². The number of amides is 1. The average molecular weight is 235 g/mol. The van der Waals surface area contributed by atoms with E-state index in [1.807, 2.05) is 6.92 Å². The standard InChI is InChI=1S/C12H17N3O2/c1-12(17)4-2-7-15(8-5-12)11(16)10-3-6-13-14-9-10/h3,6,9,17H,2,4-5,7-8H2,1H3. The fraction of sp³-hybridized carbons (Fsp3) is 0.583. The van der Waals surface area contributed by atoms with Gasteiger partial charge < -0.3 is 10.0 Å². The van der Waals surface area contributed by atoms with Crippen LogP contribution in [0.25, 0.3) is 0 Å². The molecule has 0 aliphatic carbocycles. The first-order chi connectivity index (χ1) is 8.08. The lowest BCUT2D eigenvalue weighted by Crippen LogP contribution is -2.33. The summed E-state index contributed by atoms with van der Waals surface area (Å²) in [7, 11) is 0. The molecule has 1 unspecified atom stereocenters. The Hall–Kier alpha value is -1.49. The van der Waals surface area contributed by atoms with Crippen molar-refractivity contribution in [3.63, 3.8) is 0 Å². The van der Waals surface area contributed by atoms with E-state index < -0.39 is 5.60 Å². The van der Waals surface area contributed by atoms with Gasteiger partial charge in [-0.05, 0) is 32.3 Å². The van der Waals surface area contributed by atoms with Gasteiger partial charge >= 0.3 is 0 Å². The van der Waals surface area contributed by atoms with Gasteiger partial charge in [0.2, 0.25) is 0 Å². The van der Waals surface area contributed by atoms with E-state index in [1.54, 1.807) is 11.0 Å². The molecule has 0 aromatic carbocycles. The van der Waals surface area contributed by atoms with Crippen molar-refractivity contribution in [2.75, 3.05) is 13.1 Å². The van der Waals surface area contributed by atoms with Gasteiger partial charge in [0, 0.05) is 13.1 Å². The molecule has 5 nitrogen and oxygen atoms in total. The van der Waals surface area contributed by atoms with Crippen molar-refractivity contribution < 1.29 is 9.90 Å². The van der Waals surface area contributed by atoms with Gasteiger partial charge in [0.05, 0.1) is 23.6 Å². The van der Waals surface area contributed by atoms with Crippen LogP contribution >= 0.6 is 0 Å². The molecule has 0 bridgehead atoms. The quantitative estimate of drug-likeness (QED) is 0.783. The zero-order valence-corrected chi connectivity index (χ0v) is 9.96. The van der Waals surface area contributed by atoms with E-state index in [-0.39, 0.29) is 5.91 Å². The summed E-state index contributed by atoms with van der Waals surface area (Å²) < 4.78 is 0. The van der Waals surface area contributed by atoms with E-state index in [1.165, 1.54) is 12.4 Å². The number of aromatic nitrogens is 2. The third-order valence-electron chi connectivity index (χ3n) is 3.18. The van der Waals surface area contributed by atoms with E-state index in [0.717, 1.165) is 12.8 Å². The molecular formula is C12H17N3O2. The second-order valence-corrected chi connectivity index (χ2v) is 4.77. The Morgan fingerprint density at radius 3 is 2.94 bits per heavy atom. The van der Waals surface area contributed by atoms with E-state index in [4.69, 9.17) is 0 Å². The monoisotopic (exact) mass is 235 g/mol. The minimum atomic E-state index is -0.647. The molecule has 1 aromatic rings. The van der Waals surface area contributed by atoms with Crippen molar-refractivity contribution >= 4 is 5.91 Å². The average Bonchev–Trinajstić information content (AvgIpc) is 2.50. The highest BCUT2D eigenvalue weighted by Gasteiger charge is 2.27. The van der Waals surface area contributed by atoms with Crippen molar-refractivity contribution in [1.82, 2.24) is 15.1 Å². The van der Waals surface area contributed by atoms with E-state index in [0.29, 0.717) is 25.1 Å². The van der Waals surface area contributed by atoms with Crippen molar-refractivity contribution in [2.45, 2.75) is 31.8 Å². The van der Waals surface area contributed by atoms with Crippen LogP contribution in [0.5, 0.6) is 0 Å². The number of likely N-dealkylation sites (tertiary alicyclic amines) is 1. The summed E-state index contributed by atoms with van der Waals surface area (Å²) in [6.45, 7) is 3.11. The molecule has 92 valence electrons. The summed E-state index contributed by atoms with van der Waals surface area (Å²) in [4.78, 5) is 13.9. The van der Waals surface area contributed by atoms with Gasteiger partial charge in [0.1, 0.15) is 0 Å². The molecule has 2 heterocycles. The topological polar surface area (TPSA) is 66.3 Å². The number of aliphatic hydroxyl groups is 1. The highest BCUT2D eigenvalue weighted by molar-refractivity contribution is 5.93. The predicted molar refractivity (Wildman–Crippen MR) is 62.4 cm³/mol. The Balaban J connectivity index is 2.06. The Kier molecular flexibility index (Phi) is 3.38. The van der Waals surface area contributed by atoms with Crippen LogP contribution in [-0.4, -0.2) is 44.8 Å². The highest BCUT2D eigenvalue weighted by Crippen LogP contribution is 2.22. The van der Waals surface area contributed by atoms with Gasteiger partial charge in [-0.15, -0.1) is 0 Å². The fourth-order valence-corrected chi connectivity index (χ4v) is 2.07. The molecule has 1 aliphatic heterocycles. The highest BCUT2D eigenvalue weighted by atomic mass is 16.3. The first-order valence-corrected chi connectivity index (χ1v) is 5.87. The van der Waals surface area contributed by atoms with Crippen molar-refractivity contribution in [1.29, 1.82) is 0 Å². The molecule has 0 saturated carbocycles. The molecule has 1 aliphatic rings. The van der Waals surface area contributed by atoms with Crippen molar-refractivity contribution in [2.24, 2.45) is 0 Å². The number of carbonyl (C=O) groups excluding carboxylic acids is 1. The number of hydrogen-bond acceptors (Lipinski definition) is 4. The molecule has 1 saturated heterocycles. The van der Waals surface area contributed by atoms with Crippen LogP contribution < -0.4 is 0 Å². The number of carbonyl (C=O) groups is 1. The molecule has 1 amide bonds. The minimum Gasteiger partial charge on any atom is -0.390 e. The molecule has 2 rings (SSSR count). The predicted octanol–water partition coefficient (Wildman–Crippen LogP) is 0.854. The Morgan fingerprint density at radius 2 is 2.24 bits per heavy atom. The van der Waals surface area contributed by atoms with Crippen LogP contribution in [0.15, 0.2) is 18.5 Å². The first-order valence-electron chi connectivity index (χ1n) is 5.87. The van der Waals surface area contributed by atoms with Gasteiger partial charge in [0.15, 0.2) is 0 Å². The second kappa shape index (κ2) is 4.79. The van der Waals surface area contributed by atoms with Gasteiger partial charge in [-0.3, -0.25) is 4.79 Å². The van der Waals surface area contributed by atoms with Crippen LogP contribution in [-0.2, 0) is 0 Å². The summed E-state index contributed by atoms with van der Waals surface area (Å²) >= 11 is 0. The molecule has 0 spiro atoms. The molecule has 1 aromatic heterocycles. The first kappa shape index (κ1) is 12.0. The molecular weight excluding hydrogens is 218 g/mol. The van der Waals surface area contributed by atoms with E-state index in [9.17, 15) is 9.90 Å². The lowest BCUT2D eigenvalue weighted by Gasteiger charge is -2.22. The molecule has 1 fully saturated rings. The molecule has 5 heteroatoms. The fourth-order valence-electron chi connectivity index (χ4n) is 2.07. The number of hydrogen-bond donors (Lipinski definition) is 1. The Bertz CT molecular complexity index is 392. The van der Waals surface area contributed by atoms with Crippen LogP contribution in [0.2, 0.25) is 0 Å². The van der Waals surface area contributed by atoms with Gasteiger partial charge in [-0.1, -0.05) is 0 Å². The van der Waals surface area contributed by atoms with Crippen LogP contribution in [0.4, 0.5) is 0 Å². The lowest BCUT2D eigenvalue weighted by molar-refractivity contribution is 0.0438. The van der Waals surface area contributed by atoms with Crippen LogP contribution in [0, 0.1) is 0 Å². The van der Waals surface area contributed by atoms with E-state index >= 15 is 0 Å². The van der Waals surface area contributed by atoms with Gasteiger partial charge in [0.25, 0.3) is 5.91 Å². The minimum absolute atomic E-state index is 0.0300.